The number of hydrogen-bond donors (Lipinski definition) is 1. The van der Waals surface area contributed by atoms with E-state index in [0.717, 1.165) is 37.6 Å². The van der Waals surface area contributed by atoms with E-state index in [1.165, 1.54) is 0 Å². The summed E-state index contributed by atoms with van der Waals surface area (Å²) in [5.41, 5.74) is 1.05. The van der Waals surface area contributed by atoms with Crippen LogP contribution in [-0.2, 0) is 4.74 Å². The number of hydrogen-bond acceptors (Lipinski definition) is 3. The second-order valence-corrected chi connectivity index (χ2v) is 3.46. The highest BCUT2D eigenvalue weighted by Crippen LogP contribution is 2.07. The first kappa shape index (κ1) is 11.9. The number of nitrogens with one attached hydrogen (secondary N) is 1. The highest BCUT2D eigenvalue weighted by molar-refractivity contribution is 5.22. The van der Waals surface area contributed by atoms with Gasteiger partial charge in [0.05, 0.1) is 7.11 Å². The first-order valence-electron chi connectivity index (χ1n) is 5.31. The van der Waals surface area contributed by atoms with E-state index in [1.54, 1.807) is 7.11 Å². The molecule has 1 heterocycles. The topological polar surface area (TPSA) is 24.5 Å². The first-order chi connectivity index (χ1) is 7.27. The van der Waals surface area contributed by atoms with Crippen molar-refractivity contribution >= 4 is 0 Å². The summed E-state index contributed by atoms with van der Waals surface area (Å²) in [7, 11) is 1.67. The Morgan fingerprint density at radius 1 is 1.33 bits per heavy atom. The Kier molecular flexibility index (Phi) is 4.98. The molecule has 0 aliphatic carbocycles. The summed E-state index contributed by atoms with van der Waals surface area (Å²) in [6.07, 6.45) is 5.88. The molecule has 0 saturated carbocycles. The lowest BCUT2D eigenvalue weighted by molar-refractivity contribution is 0.302. The molecule has 0 bridgehead atoms. The van der Waals surface area contributed by atoms with E-state index in [2.05, 4.69) is 16.8 Å². The molecule has 0 unspecified atom stereocenters. The summed E-state index contributed by atoms with van der Waals surface area (Å²) in [6, 6.07) is 0. The molecule has 0 spiro atoms. The van der Waals surface area contributed by atoms with Crippen molar-refractivity contribution in [2.24, 2.45) is 0 Å². The van der Waals surface area contributed by atoms with Gasteiger partial charge >= 0.3 is 0 Å². The van der Waals surface area contributed by atoms with E-state index in [9.17, 15) is 0 Å². The predicted octanol–water partition coefficient (Wildman–Crippen LogP) is 1.51. The van der Waals surface area contributed by atoms with E-state index >= 15 is 0 Å². The molecule has 3 nitrogen and oxygen atoms in total. The number of allylic oxidation sites excluding steroid dienone is 3. The van der Waals surface area contributed by atoms with Gasteiger partial charge in [-0.3, -0.25) is 0 Å². The van der Waals surface area contributed by atoms with Gasteiger partial charge < -0.3 is 15.0 Å². The van der Waals surface area contributed by atoms with Crippen molar-refractivity contribution in [3.63, 3.8) is 0 Å². The summed E-state index contributed by atoms with van der Waals surface area (Å²) in [4.78, 5) is 2.27. The van der Waals surface area contributed by atoms with Gasteiger partial charge in [-0.25, -0.2) is 0 Å². The minimum atomic E-state index is 0.867. The molecule has 0 aromatic carbocycles. The Morgan fingerprint density at radius 3 is 2.53 bits per heavy atom. The van der Waals surface area contributed by atoms with E-state index in [4.69, 9.17) is 4.74 Å². The normalized spacial score (nSPS) is 18.3. The Morgan fingerprint density at radius 2 is 2.00 bits per heavy atom. The maximum atomic E-state index is 5.14. The Balaban J connectivity index is 2.46. The highest BCUT2D eigenvalue weighted by atomic mass is 16.5. The summed E-state index contributed by atoms with van der Waals surface area (Å²) in [5, 5.41) is 3.31. The fourth-order valence-electron chi connectivity index (χ4n) is 1.52. The molecule has 84 valence electrons. The zero-order valence-corrected chi connectivity index (χ0v) is 9.62. The van der Waals surface area contributed by atoms with Crippen LogP contribution >= 0.6 is 0 Å². The molecule has 1 aliphatic heterocycles. The molecule has 1 rings (SSSR count). The summed E-state index contributed by atoms with van der Waals surface area (Å²) < 4.78 is 5.14. The second kappa shape index (κ2) is 6.30. The fourth-order valence-corrected chi connectivity index (χ4v) is 1.52. The van der Waals surface area contributed by atoms with Crippen molar-refractivity contribution < 1.29 is 4.74 Å². The van der Waals surface area contributed by atoms with Crippen LogP contribution in [0.15, 0.2) is 36.3 Å². The first-order valence-corrected chi connectivity index (χ1v) is 5.31. The van der Waals surface area contributed by atoms with E-state index in [0.29, 0.717) is 0 Å². The molecule has 0 aromatic heterocycles. The minimum Gasteiger partial charge on any atom is -0.497 e. The molecule has 0 radical (unpaired) electrons. The molecular weight excluding hydrogens is 188 g/mol. The molecule has 0 atom stereocenters. The van der Waals surface area contributed by atoms with Gasteiger partial charge in [-0.2, -0.15) is 0 Å². The van der Waals surface area contributed by atoms with Crippen molar-refractivity contribution in [3.8, 4) is 0 Å². The summed E-state index contributed by atoms with van der Waals surface area (Å²) >= 11 is 0. The average Bonchev–Trinajstić information content (AvgIpc) is 2.31. The van der Waals surface area contributed by atoms with Crippen molar-refractivity contribution in [2.45, 2.75) is 6.92 Å². The third-order valence-electron chi connectivity index (χ3n) is 2.48. The van der Waals surface area contributed by atoms with Gasteiger partial charge in [0.25, 0.3) is 0 Å². The van der Waals surface area contributed by atoms with Crippen molar-refractivity contribution in [3.05, 3.63) is 36.3 Å². The van der Waals surface area contributed by atoms with Crippen LogP contribution in [0.1, 0.15) is 6.92 Å². The maximum Gasteiger partial charge on any atom is 0.114 e. The minimum absolute atomic E-state index is 0.867. The van der Waals surface area contributed by atoms with Gasteiger partial charge in [0.1, 0.15) is 5.76 Å². The standard InChI is InChI=1S/C12H20N2O/c1-4-12(15-3)6-5-11(2)14-9-7-13-8-10-14/h4-6,13H,2,7-10H2,1,3H3/b6-5-,12-4+. The number of piperazine rings is 1. The van der Waals surface area contributed by atoms with Gasteiger partial charge in [0.2, 0.25) is 0 Å². The van der Waals surface area contributed by atoms with Crippen LogP contribution < -0.4 is 5.32 Å². The largest absolute Gasteiger partial charge is 0.497 e. The molecule has 0 amide bonds. The smallest absolute Gasteiger partial charge is 0.114 e. The number of ether oxygens (including phenoxy) is 1. The fraction of sp³-hybridized carbons (Fsp3) is 0.500. The molecule has 1 N–H and O–H groups in total. The van der Waals surface area contributed by atoms with Crippen LogP contribution in [0.2, 0.25) is 0 Å². The predicted molar refractivity (Wildman–Crippen MR) is 63.5 cm³/mol. The Labute approximate surface area is 92.1 Å². The van der Waals surface area contributed by atoms with Gasteiger partial charge in [-0.05, 0) is 25.2 Å². The molecule has 0 aromatic rings. The molecular formula is C12H20N2O. The van der Waals surface area contributed by atoms with Gasteiger partial charge in [0.15, 0.2) is 0 Å². The lowest BCUT2D eigenvalue weighted by Crippen LogP contribution is -2.42. The van der Waals surface area contributed by atoms with E-state index in [1.807, 2.05) is 25.2 Å². The third kappa shape index (κ3) is 3.80. The highest BCUT2D eigenvalue weighted by Gasteiger charge is 2.08. The zero-order chi connectivity index (χ0) is 11.1. The number of rotatable bonds is 4. The second-order valence-electron chi connectivity index (χ2n) is 3.46. The zero-order valence-electron chi connectivity index (χ0n) is 9.62. The van der Waals surface area contributed by atoms with Crippen LogP contribution in [0.3, 0.4) is 0 Å². The number of methoxy groups -OCH3 is 1. The molecule has 1 aliphatic rings. The quantitative estimate of drug-likeness (QED) is 0.560. The molecule has 1 fully saturated rings. The van der Waals surface area contributed by atoms with Crippen LogP contribution in [0.25, 0.3) is 0 Å². The van der Waals surface area contributed by atoms with Gasteiger partial charge in [-0.15, -0.1) is 0 Å². The van der Waals surface area contributed by atoms with Crippen LogP contribution in [0.4, 0.5) is 0 Å². The summed E-state index contributed by atoms with van der Waals surface area (Å²) in [6.45, 7) is 10.1. The van der Waals surface area contributed by atoms with Gasteiger partial charge in [0, 0.05) is 31.9 Å². The Bertz CT molecular complexity index is 263. The number of nitrogens with zero attached hydrogens (tertiary/aromatic N) is 1. The third-order valence-corrected chi connectivity index (χ3v) is 2.48. The van der Waals surface area contributed by atoms with Crippen LogP contribution in [0.5, 0.6) is 0 Å². The molecule has 15 heavy (non-hydrogen) atoms. The van der Waals surface area contributed by atoms with Crippen LogP contribution in [-0.4, -0.2) is 38.2 Å². The lowest BCUT2D eigenvalue weighted by atomic mass is 10.3. The van der Waals surface area contributed by atoms with Crippen molar-refractivity contribution in [1.29, 1.82) is 0 Å². The van der Waals surface area contributed by atoms with Crippen molar-refractivity contribution in [2.75, 3.05) is 33.3 Å². The SMILES string of the molecule is C=C(/C=C\C(=C/C)OC)N1CCNCC1. The van der Waals surface area contributed by atoms with Gasteiger partial charge in [-0.1, -0.05) is 6.58 Å². The monoisotopic (exact) mass is 208 g/mol. The van der Waals surface area contributed by atoms with E-state index < -0.39 is 0 Å². The average molecular weight is 208 g/mol. The summed E-state index contributed by atoms with van der Waals surface area (Å²) in [5.74, 6) is 0.867. The van der Waals surface area contributed by atoms with E-state index in [-0.39, 0.29) is 0 Å². The van der Waals surface area contributed by atoms with Crippen molar-refractivity contribution in [1.82, 2.24) is 10.2 Å². The van der Waals surface area contributed by atoms with Crippen LogP contribution in [0, 0.1) is 0 Å². The molecule has 1 saturated heterocycles. The Hall–Kier alpha value is -1.22. The maximum absolute atomic E-state index is 5.14. The lowest BCUT2D eigenvalue weighted by Gasteiger charge is -2.29. The molecule has 3 heteroatoms.